The molecule has 0 saturated carbocycles. The lowest BCUT2D eigenvalue weighted by Gasteiger charge is -2.01. The lowest BCUT2D eigenvalue weighted by atomic mass is 10.1. The first-order chi connectivity index (χ1) is 7.93. The van der Waals surface area contributed by atoms with E-state index >= 15 is 0 Å². The van der Waals surface area contributed by atoms with Crippen LogP contribution < -0.4 is 4.74 Å². The third-order valence-corrected chi connectivity index (χ3v) is 2.48. The van der Waals surface area contributed by atoms with Crippen LogP contribution in [-0.4, -0.2) is 6.61 Å². The molecule has 1 aromatic carbocycles. The van der Waals surface area contributed by atoms with Gasteiger partial charge in [0.05, 0.1) is 0 Å². The van der Waals surface area contributed by atoms with E-state index in [4.69, 9.17) is 4.74 Å². The maximum atomic E-state index is 5.55. The number of allylic oxidation sites excluding steroid dienone is 1. The highest BCUT2D eigenvalue weighted by Gasteiger charge is 1.87. The van der Waals surface area contributed by atoms with E-state index < -0.39 is 0 Å². The molecule has 0 aliphatic rings. The molecule has 1 rings (SSSR count). The Kier molecular flexibility index (Phi) is 7.23. The lowest BCUT2D eigenvalue weighted by molar-refractivity contribution is 0.362. The molecule has 0 unspecified atom stereocenters. The van der Waals surface area contributed by atoms with E-state index in [0.717, 1.165) is 5.75 Å². The molecule has 0 aliphatic heterocycles. The minimum atomic E-state index is 0.678. The number of para-hydroxylation sites is 1. The zero-order valence-electron chi connectivity index (χ0n) is 10.2. The molecule has 1 heteroatoms. The van der Waals surface area contributed by atoms with Gasteiger partial charge < -0.3 is 4.74 Å². The van der Waals surface area contributed by atoms with E-state index in [1.807, 2.05) is 30.3 Å². The van der Waals surface area contributed by atoms with Crippen molar-refractivity contribution >= 4 is 0 Å². The van der Waals surface area contributed by atoms with Gasteiger partial charge in [-0.05, 0) is 25.0 Å². The Morgan fingerprint density at radius 3 is 2.56 bits per heavy atom. The van der Waals surface area contributed by atoms with Gasteiger partial charge >= 0.3 is 0 Å². The first-order valence-corrected chi connectivity index (χ1v) is 6.26. The predicted molar refractivity (Wildman–Crippen MR) is 69.8 cm³/mol. The number of unbranched alkanes of at least 4 members (excludes halogenated alkanes) is 4. The molecule has 0 aromatic heterocycles. The second-order valence-corrected chi connectivity index (χ2v) is 3.94. The predicted octanol–water partition coefficient (Wildman–Crippen LogP) is 4.59. The van der Waals surface area contributed by atoms with Gasteiger partial charge in [-0.2, -0.15) is 0 Å². The number of hydrogen-bond donors (Lipinski definition) is 0. The molecule has 0 N–H and O–H groups in total. The molecule has 0 saturated heterocycles. The Morgan fingerprint density at radius 1 is 1.00 bits per heavy atom. The summed E-state index contributed by atoms with van der Waals surface area (Å²) in [6.45, 7) is 2.92. The second-order valence-electron chi connectivity index (χ2n) is 3.94. The van der Waals surface area contributed by atoms with Gasteiger partial charge in [0.2, 0.25) is 0 Å². The fourth-order valence-electron chi connectivity index (χ4n) is 1.54. The largest absolute Gasteiger partial charge is 0.490 e. The highest BCUT2D eigenvalue weighted by Crippen LogP contribution is 2.08. The monoisotopic (exact) mass is 218 g/mol. The molecule has 0 atom stereocenters. The fraction of sp³-hybridized carbons (Fsp3) is 0.467. The van der Waals surface area contributed by atoms with Gasteiger partial charge in [0.15, 0.2) is 0 Å². The Morgan fingerprint density at radius 2 is 1.81 bits per heavy atom. The van der Waals surface area contributed by atoms with Crippen molar-refractivity contribution in [3.05, 3.63) is 42.5 Å². The van der Waals surface area contributed by atoms with Gasteiger partial charge in [-0.3, -0.25) is 0 Å². The Labute approximate surface area is 99.1 Å². The molecule has 0 spiro atoms. The van der Waals surface area contributed by atoms with E-state index in [0.29, 0.717) is 6.61 Å². The minimum Gasteiger partial charge on any atom is -0.490 e. The van der Waals surface area contributed by atoms with Crippen LogP contribution in [0.5, 0.6) is 5.75 Å². The highest BCUT2D eigenvalue weighted by molar-refractivity contribution is 5.21. The van der Waals surface area contributed by atoms with Crippen molar-refractivity contribution in [2.75, 3.05) is 6.61 Å². The first-order valence-electron chi connectivity index (χ1n) is 6.26. The average molecular weight is 218 g/mol. The van der Waals surface area contributed by atoms with E-state index in [2.05, 4.69) is 19.1 Å². The van der Waals surface area contributed by atoms with E-state index in [-0.39, 0.29) is 0 Å². The highest BCUT2D eigenvalue weighted by atomic mass is 16.5. The standard InChI is InChI=1S/C15H22O/c1-2-3-4-5-6-7-11-14-16-15-12-9-8-10-13-15/h7-13H,2-6,14H2,1H3/b11-7+. The van der Waals surface area contributed by atoms with E-state index in [9.17, 15) is 0 Å². The molecule has 0 amide bonds. The quantitative estimate of drug-likeness (QED) is 0.458. The van der Waals surface area contributed by atoms with Gasteiger partial charge in [-0.15, -0.1) is 0 Å². The number of ether oxygens (including phenoxy) is 1. The van der Waals surface area contributed by atoms with Crippen LogP contribution >= 0.6 is 0 Å². The summed E-state index contributed by atoms with van der Waals surface area (Å²) in [4.78, 5) is 0. The van der Waals surface area contributed by atoms with Crippen LogP contribution in [0.15, 0.2) is 42.5 Å². The van der Waals surface area contributed by atoms with Gasteiger partial charge in [-0.25, -0.2) is 0 Å². The number of benzene rings is 1. The molecule has 0 heterocycles. The lowest BCUT2D eigenvalue weighted by Crippen LogP contribution is -1.92. The summed E-state index contributed by atoms with van der Waals surface area (Å²) in [5.41, 5.74) is 0. The molecule has 16 heavy (non-hydrogen) atoms. The summed E-state index contributed by atoms with van der Waals surface area (Å²) in [6, 6.07) is 9.94. The van der Waals surface area contributed by atoms with Crippen LogP contribution in [0.4, 0.5) is 0 Å². The zero-order chi connectivity index (χ0) is 11.5. The van der Waals surface area contributed by atoms with Crippen LogP contribution in [0.1, 0.15) is 39.0 Å². The Hall–Kier alpha value is -1.24. The SMILES string of the molecule is CCCCCC/C=C/COc1ccccc1. The average Bonchev–Trinajstić information content (AvgIpc) is 2.34. The number of hydrogen-bond acceptors (Lipinski definition) is 1. The molecule has 0 radical (unpaired) electrons. The molecular weight excluding hydrogens is 196 g/mol. The third-order valence-electron chi connectivity index (χ3n) is 2.48. The summed E-state index contributed by atoms with van der Waals surface area (Å²) < 4.78 is 5.55. The van der Waals surface area contributed by atoms with Crippen molar-refractivity contribution in [3.8, 4) is 5.75 Å². The molecule has 0 aliphatic carbocycles. The third kappa shape index (κ3) is 6.28. The maximum Gasteiger partial charge on any atom is 0.119 e. The summed E-state index contributed by atoms with van der Waals surface area (Å²) in [6.07, 6.45) is 10.8. The molecule has 1 nitrogen and oxygen atoms in total. The summed E-state index contributed by atoms with van der Waals surface area (Å²) in [5.74, 6) is 0.943. The topological polar surface area (TPSA) is 9.23 Å². The van der Waals surface area contributed by atoms with Crippen molar-refractivity contribution in [3.63, 3.8) is 0 Å². The summed E-state index contributed by atoms with van der Waals surface area (Å²) >= 11 is 0. The van der Waals surface area contributed by atoms with Gasteiger partial charge in [0.1, 0.15) is 12.4 Å². The van der Waals surface area contributed by atoms with Gasteiger partial charge in [-0.1, -0.05) is 56.5 Å². The summed E-state index contributed by atoms with van der Waals surface area (Å²) in [5, 5.41) is 0. The van der Waals surface area contributed by atoms with Crippen molar-refractivity contribution in [1.29, 1.82) is 0 Å². The van der Waals surface area contributed by atoms with E-state index in [1.165, 1.54) is 32.1 Å². The van der Waals surface area contributed by atoms with Crippen LogP contribution in [-0.2, 0) is 0 Å². The van der Waals surface area contributed by atoms with Crippen molar-refractivity contribution in [2.45, 2.75) is 39.0 Å². The molecule has 0 fully saturated rings. The molecule has 1 aromatic rings. The molecule has 88 valence electrons. The van der Waals surface area contributed by atoms with Gasteiger partial charge in [0.25, 0.3) is 0 Å². The van der Waals surface area contributed by atoms with Crippen molar-refractivity contribution in [1.82, 2.24) is 0 Å². The van der Waals surface area contributed by atoms with Gasteiger partial charge in [0, 0.05) is 0 Å². The number of rotatable bonds is 8. The van der Waals surface area contributed by atoms with Crippen LogP contribution in [0.3, 0.4) is 0 Å². The van der Waals surface area contributed by atoms with E-state index in [1.54, 1.807) is 0 Å². The van der Waals surface area contributed by atoms with Crippen LogP contribution in [0.25, 0.3) is 0 Å². The van der Waals surface area contributed by atoms with Crippen molar-refractivity contribution in [2.24, 2.45) is 0 Å². The molecular formula is C15H22O. The normalized spacial score (nSPS) is 10.8. The van der Waals surface area contributed by atoms with Crippen LogP contribution in [0.2, 0.25) is 0 Å². The van der Waals surface area contributed by atoms with Crippen molar-refractivity contribution < 1.29 is 4.74 Å². The first kappa shape index (κ1) is 12.8. The maximum absolute atomic E-state index is 5.55. The summed E-state index contributed by atoms with van der Waals surface area (Å²) in [7, 11) is 0. The van der Waals surface area contributed by atoms with Crippen LogP contribution in [0, 0.1) is 0 Å². The second kappa shape index (κ2) is 9.02. The fourth-order valence-corrected chi connectivity index (χ4v) is 1.54. The smallest absolute Gasteiger partial charge is 0.119 e. The molecule has 0 bridgehead atoms. The Balaban J connectivity index is 2.00. The Bertz CT molecular complexity index is 277. The minimum absolute atomic E-state index is 0.678. The zero-order valence-corrected chi connectivity index (χ0v) is 10.2.